The molecule has 1 aromatic rings. The van der Waals surface area contributed by atoms with Crippen LogP contribution in [0, 0.1) is 0 Å². The normalized spacial score (nSPS) is 8.00. The Labute approximate surface area is 80.9 Å². The molecule has 1 heterocycles. The predicted octanol–water partition coefficient (Wildman–Crippen LogP) is -0.200. The molecule has 0 fully saturated rings. The van der Waals surface area contributed by atoms with Gasteiger partial charge in [0, 0.05) is 42.0 Å². The van der Waals surface area contributed by atoms with Crippen LogP contribution < -0.4 is 5.73 Å². The first-order valence-corrected chi connectivity index (χ1v) is 2.50. The summed E-state index contributed by atoms with van der Waals surface area (Å²) in [6.45, 7) is 0. The molecule has 2 N–H and O–H groups in total. The molecule has 0 unspecified atom stereocenters. The van der Waals surface area contributed by atoms with Gasteiger partial charge in [0.05, 0.1) is 5.56 Å². The third-order valence-electron chi connectivity index (χ3n) is 0.946. The van der Waals surface area contributed by atoms with Crippen LogP contribution in [0.4, 0.5) is 0 Å². The molecule has 3 nitrogen and oxygen atoms in total. The van der Waals surface area contributed by atoms with E-state index in [2.05, 4.69) is 4.98 Å². The molecule has 0 aliphatic rings. The summed E-state index contributed by atoms with van der Waals surface area (Å²) in [6, 6.07) is 3.29. The van der Waals surface area contributed by atoms with Gasteiger partial charge in [-0.2, -0.15) is 0 Å². The maximum absolute atomic E-state index is 10.4. The molecule has 0 spiro atoms. The van der Waals surface area contributed by atoms with E-state index in [1.807, 2.05) is 0 Å². The number of rotatable bonds is 1. The molecule has 0 aliphatic heterocycles. The van der Waals surface area contributed by atoms with E-state index in [-0.39, 0.29) is 29.6 Å². The first-order chi connectivity index (χ1) is 4.30. The minimum atomic E-state index is -0.442. The summed E-state index contributed by atoms with van der Waals surface area (Å²) < 4.78 is 0. The Hall–Kier alpha value is -0.380. The largest absolute Gasteiger partial charge is 0.366 e. The van der Waals surface area contributed by atoms with Crippen molar-refractivity contribution >= 4 is 35.5 Å². The molecule has 10 heavy (non-hydrogen) atoms. The minimum absolute atomic E-state index is 0. The van der Waals surface area contributed by atoms with Gasteiger partial charge in [-0.3, -0.25) is 9.78 Å². The van der Waals surface area contributed by atoms with E-state index in [0.717, 1.165) is 0 Å². The Kier molecular flexibility index (Phi) is 4.27. The molecule has 1 amide bonds. The number of hydrogen-bond acceptors (Lipinski definition) is 2. The molecular weight excluding hydrogens is 139 g/mol. The van der Waals surface area contributed by atoms with Crippen molar-refractivity contribution in [3.63, 3.8) is 0 Å². The number of nitrogens with zero attached hydrogens (tertiary/aromatic N) is 1. The minimum Gasteiger partial charge on any atom is -0.366 e. The van der Waals surface area contributed by atoms with Crippen LogP contribution in [0.2, 0.25) is 0 Å². The van der Waals surface area contributed by atoms with Crippen molar-refractivity contribution < 1.29 is 4.79 Å². The zero-order chi connectivity index (χ0) is 6.69. The van der Waals surface area contributed by atoms with Crippen LogP contribution in [0.25, 0.3) is 0 Å². The van der Waals surface area contributed by atoms with Gasteiger partial charge in [-0.05, 0) is 12.1 Å². The van der Waals surface area contributed by atoms with E-state index in [1.54, 1.807) is 18.3 Å². The Morgan fingerprint density at radius 1 is 1.60 bits per heavy atom. The smallest absolute Gasteiger partial charge is 0.250 e. The fraction of sp³-hybridized carbons (Fsp3) is 0. The summed E-state index contributed by atoms with van der Waals surface area (Å²) in [7, 11) is 0. The molecule has 0 aromatic carbocycles. The quantitative estimate of drug-likeness (QED) is 0.556. The van der Waals surface area contributed by atoms with E-state index in [4.69, 9.17) is 5.73 Å². The van der Waals surface area contributed by atoms with Crippen LogP contribution in [0.3, 0.4) is 0 Å². The molecular formula is C6H6N2NaO. The van der Waals surface area contributed by atoms with Crippen molar-refractivity contribution in [1.29, 1.82) is 0 Å². The van der Waals surface area contributed by atoms with Gasteiger partial charge in [0.25, 0.3) is 0 Å². The molecule has 1 rings (SSSR count). The zero-order valence-corrected chi connectivity index (χ0v) is 7.74. The number of carbonyl (C=O) groups is 1. The molecule has 4 heteroatoms. The van der Waals surface area contributed by atoms with Crippen LogP contribution >= 0.6 is 0 Å². The number of primary amides is 1. The van der Waals surface area contributed by atoms with Gasteiger partial charge >= 0.3 is 0 Å². The first-order valence-electron chi connectivity index (χ1n) is 2.50. The summed E-state index contributed by atoms with van der Waals surface area (Å²) in [5.41, 5.74) is 5.38. The van der Waals surface area contributed by atoms with Crippen LogP contribution in [-0.2, 0) is 0 Å². The second kappa shape index (κ2) is 4.44. The topological polar surface area (TPSA) is 56.0 Å². The molecule has 0 atom stereocenters. The van der Waals surface area contributed by atoms with Gasteiger partial charge < -0.3 is 5.73 Å². The van der Waals surface area contributed by atoms with E-state index < -0.39 is 5.91 Å². The molecule has 0 saturated heterocycles. The van der Waals surface area contributed by atoms with E-state index >= 15 is 0 Å². The number of amides is 1. The maximum Gasteiger partial charge on any atom is 0.250 e. The third kappa shape index (κ3) is 2.47. The van der Waals surface area contributed by atoms with Gasteiger partial charge in [0.1, 0.15) is 0 Å². The van der Waals surface area contributed by atoms with Gasteiger partial charge in [-0.15, -0.1) is 0 Å². The molecule has 47 valence electrons. The molecule has 1 aromatic heterocycles. The molecule has 1 radical (unpaired) electrons. The Balaban J connectivity index is 0.000000810. The summed E-state index contributed by atoms with van der Waals surface area (Å²) in [4.78, 5) is 14.1. The van der Waals surface area contributed by atoms with Crippen molar-refractivity contribution in [3.8, 4) is 0 Å². The molecule has 0 saturated carbocycles. The fourth-order valence-electron chi connectivity index (χ4n) is 0.509. The maximum atomic E-state index is 10.4. The van der Waals surface area contributed by atoms with Crippen LogP contribution in [0.15, 0.2) is 24.5 Å². The Bertz CT molecular complexity index is 212. The fourth-order valence-corrected chi connectivity index (χ4v) is 0.509. The van der Waals surface area contributed by atoms with Gasteiger partial charge in [-0.1, -0.05) is 0 Å². The number of carbonyl (C=O) groups excluding carboxylic acids is 1. The van der Waals surface area contributed by atoms with Crippen LogP contribution in [0.5, 0.6) is 0 Å². The Morgan fingerprint density at radius 3 is 2.60 bits per heavy atom. The number of nitrogens with two attached hydrogens (primary N) is 1. The summed E-state index contributed by atoms with van der Waals surface area (Å²) in [6.07, 6.45) is 3.02. The van der Waals surface area contributed by atoms with E-state index in [9.17, 15) is 4.79 Å². The van der Waals surface area contributed by atoms with Crippen LogP contribution in [-0.4, -0.2) is 40.4 Å². The second-order valence-electron chi connectivity index (χ2n) is 1.61. The molecule has 0 bridgehead atoms. The monoisotopic (exact) mass is 145 g/mol. The van der Waals surface area contributed by atoms with Crippen molar-refractivity contribution in [1.82, 2.24) is 4.98 Å². The number of pyridine rings is 1. The summed E-state index contributed by atoms with van der Waals surface area (Å²) in [5.74, 6) is -0.442. The third-order valence-corrected chi connectivity index (χ3v) is 0.946. The number of aromatic nitrogens is 1. The first kappa shape index (κ1) is 9.62. The van der Waals surface area contributed by atoms with Gasteiger partial charge in [0.2, 0.25) is 5.91 Å². The Morgan fingerprint density at radius 2 is 2.30 bits per heavy atom. The van der Waals surface area contributed by atoms with Crippen molar-refractivity contribution in [2.24, 2.45) is 5.73 Å². The average molecular weight is 145 g/mol. The van der Waals surface area contributed by atoms with Crippen molar-refractivity contribution in [2.45, 2.75) is 0 Å². The standard InChI is InChI=1S/C6H6N2O.Na/c7-6(9)5-2-1-3-8-4-5;/h1-4H,(H2,7,9);. The van der Waals surface area contributed by atoms with Crippen LogP contribution in [0.1, 0.15) is 10.4 Å². The van der Waals surface area contributed by atoms with E-state index in [0.29, 0.717) is 5.56 Å². The molecule has 0 aliphatic carbocycles. The summed E-state index contributed by atoms with van der Waals surface area (Å²) >= 11 is 0. The average Bonchev–Trinajstić information content (AvgIpc) is 1.90. The summed E-state index contributed by atoms with van der Waals surface area (Å²) in [5, 5.41) is 0. The SMILES string of the molecule is NC(=O)c1cccnc1.[Na]. The van der Waals surface area contributed by atoms with Crippen molar-refractivity contribution in [3.05, 3.63) is 30.1 Å². The van der Waals surface area contributed by atoms with E-state index in [1.165, 1.54) is 6.20 Å². The van der Waals surface area contributed by atoms with Gasteiger partial charge in [0.15, 0.2) is 0 Å². The van der Waals surface area contributed by atoms with Crippen molar-refractivity contribution in [2.75, 3.05) is 0 Å². The van der Waals surface area contributed by atoms with Gasteiger partial charge in [-0.25, -0.2) is 0 Å². The second-order valence-corrected chi connectivity index (χ2v) is 1.61. The number of hydrogen-bond donors (Lipinski definition) is 1. The predicted molar refractivity (Wildman–Crippen MR) is 38.5 cm³/mol. The zero-order valence-electron chi connectivity index (χ0n) is 5.74.